The van der Waals surface area contributed by atoms with Gasteiger partial charge in [-0.3, -0.25) is 0 Å². The average Bonchev–Trinajstić information content (AvgIpc) is 1.67. The van der Waals surface area contributed by atoms with Crippen LogP contribution < -0.4 is 0 Å². The Kier molecular flexibility index (Phi) is 2.30. The van der Waals surface area contributed by atoms with E-state index in [-0.39, 0.29) is 0 Å². The molecule has 0 bridgehead atoms. The van der Waals surface area contributed by atoms with Crippen LogP contribution in [0.25, 0.3) is 0 Å². The fourth-order valence-electron chi connectivity index (χ4n) is 0.0781. The molecule has 0 heterocycles. The van der Waals surface area contributed by atoms with E-state index in [9.17, 15) is 4.79 Å². The highest BCUT2D eigenvalue weighted by Gasteiger charge is 2.46. The lowest BCUT2D eigenvalue weighted by Crippen LogP contribution is -2.03. The van der Waals surface area contributed by atoms with Gasteiger partial charge in [0.2, 0.25) is 0 Å². The lowest BCUT2D eigenvalue weighted by atomic mass is 11.6. The third kappa shape index (κ3) is 1.71. The van der Waals surface area contributed by atoms with Crippen LogP contribution in [0.4, 0.5) is 4.79 Å². The lowest BCUT2D eigenvalue weighted by molar-refractivity contribution is 0.195. The highest BCUT2D eigenvalue weighted by atomic mass is 31.2. The topological polar surface area (TPSA) is 87.0 Å². The summed E-state index contributed by atoms with van der Waals surface area (Å²) >= 11 is 0. The summed E-state index contributed by atoms with van der Waals surface area (Å²) in [5.41, 5.74) is -1.72. The fraction of sp³-hybridized carbons (Fsp3) is 0.500. The van der Waals surface area contributed by atoms with E-state index in [1.54, 1.807) is 0 Å². The first kappa shape index (κ1) is 7.78. The lowest BCUT2D eigenvalue weighted by Gasteiger charge is -1.97. The summed E-state index contributed by atoms with van der Waals surface area (Å²) in [5, 5.41) is 7.87. The summed E-state index contributed by atoms with van der Waals surface area (Å²) in [4.78, 5) is 26.2. The van der Waals surface area contributed by atoms with Gasteiger partial charge in [0.25, 0.3) is 0 Å². The monoisotopic (exact) mass is 141 g/mol. The first-order chi connectivity index (χ1) is 3.50. The van der Waals surface area contributed by atoms with E-state index in [0.29, 0.717) is 0 Å². The van der Waals surface area contributed by atoms with Crippen LogP contribution >= 0.6 is 7.94 Å². The minimum Gasteiger partial charge on any atom is -0.445 e. The Labute approximate surface area is 46.1 Å². The Morgan fingerprint density at radius 1 is 1.62 bits per heavy atom. The molecule has 0 saturated heterocycles. The second-order valence-corrected chi connectivity index (χ2v) is 2.84. The standard InChI is InChI=1S/C2H5O5P/c1-7-8(5,6)2(3)4/h5-6H,1H3/p+1. The molecule has 0 aliphatic heterocycles. The van der Waals surface area contributed by atoms with Crippen molar-refractivity contribution in [2.75, 3.05) is 7.11 Å². The van der Waals surface area contributed by atoms with E-state index in [2.05, 4.69) is 4.52 Å². The Hall–Kier alpha value is -0.220. The van der Waals surface area contributed by atoms with Crippen LogP contribution in [0.1, 0.15) is 0 Å². The van der Waals surface area contributed by atoms with E-state index in [1.807, 2.05) is 0 Å². The van der Waals surface area contributed by atoms with Crippen molar-refractivity contribution in [2.24, 2.45) is 0 Å². The Morgan fingerprint density at radius 3 is 2.00 bits per heavy atom. The molecule has 0 spiro atoms. The summed E-state index contributed by atoms with van der Waals surface area (Å²) in [7, 11) is -3.16. The Balaban J connectivity index is 3.91. The molecular formula is C2H6O5P+. The summed E-state index contributed by atoms with van der Waals surface area (Å²) in [6.07, 6.45) is 0. The van der Waals surface area contributed by atoms with Crippen molar-refractivity contribution in [3.8, 4) is 0 Å². The predicted octanol–water partition coefficient (Wildman–Crippen LogP) is 0.0580. The van der Waals surface area contributed by atoms with E-state index in [0.717, 1.165) is 7.11 Å². The van der Waals surface area contributed by atoms with Gasteiger partial charge in [0.05, 0.1) is 7.11 Å². The molecule has 0 atom stereocenters. The van der Waals surface area contributed by atoms with Crippen molar-refractivity contribution >= 4 is 13.7 Å². The number of rotatable bonds is 2. The minimum atomic E-state index is -4.08. The smallest absolute Gasteiger partial charge is 0.445 e. The zero-order valence-electron chi connectivity index (χ0n) is 4.11. The molecule has 0 aliphatic carbocycles. The minimum absolute atomic E-state index is 0.919. The average molecular weight is 141 g/mol. The Bertz CT molecular complexity index is 98.6. The normalized spacial score (nSPS) is 11.4. The quantitative estimate of drug-likeness (QED) is 0.473. The molecule has 0 unspecified atom stereocenters. The van der Waals surface area contributed by atoms with Crippen LogP contribution in [0.2, 0.25) is 0 Å². The molecule has 0 rings (SSSR count). The maximum atomic E-state index is 9.68. The Morgan fingerprint density at radius 2 is 2.00 bits per heavy atom. The van der Waals surface area contributed by atoms with Gasteiger partial charge in [-0.2, -0.15) is 19.1 Å². The largest absolute Gasteiger partial charge is 0.542 e. The predicted molar refractivity (Wildman–Crippen MR) is 26.4 cm³/mol. The maximum absolute atomic E-state index is 9.68. The molecule has 5 nitrogen and oxygen atoms in total. The van der Waals surface area contributed by atoms with Crippen molar-refractivity contribution in [3.63, 3.8) is 0 Å². The zero-order chi connectivity index (χ0) is 6.78. The fourth-order valence-corrected chi connectivity index (χ4v) is 0.234. The van der Waals surface area contributed by atoms with Gasteiger partial charge in [0.1, 0.15) is 0 Å². The second-order valence-electron chi connectivity index (χ2n) is 1.01. The van der Waals surface area contributed by atoms with Crippen molar-refractivity contribution in [1.29, 1.82) is 0 Å². The van der Waals surface area contributed by atoms with E-state index >= 15 is 0 Å². The second kappa shape index (κ2) is 2.37. The molecule has 0 aromatic rings. The molecule has 0 radical (unpaired) electrons. The van der Waals surface area contributed by atoms with Crippen LogP contribution in [0.15, 0.2) is 0 Å². The van der Waals surface area contributed by atoms with Gasteiger partial charge >= 0.3 is 13.7 Å². The summed E-state index contributed by atoms with van der Waals surface area (Å²) in [5.74, 6) is 0. The van der Waals surface area contributed by atoms with E-state index in [1.165, 1.54) is 0 Å². The van der Waals surface area contributed by atoms with Crippen LogP contribution in [0, 0.1) is 0 Å². The molecule has 6 heteroatoms. The van der Waals surface area contributed by atoms with Crippen molar-refractivity contribution in [3.05, 3.63) is 0 Å². The maximum Gasteiger partial charge on any atom is 0.542 e. The SMILES string of the molecule is CO[P+](O)(O)C(=O)O. The molecule has 0 fully saturated rings. The van der Waals surface area contributed by atoms with Crippen LogP contribution in [-0.4, -0.2) is 27.7 Å². The van der Waals surface area contributed by atoms with Gasteiger partial charge in [0, 0.05) is 0 Å². The van der Waals surface area contributed by atoms with Crippen LogP contribution in [-0.2, 0) is 4.52 Å². The molecule has 0 saturated carbocycles. The van der Waals surface area contributed by atoms with Crippen molar-refractivity contribution in [2.45, 2.75) is 0 Å². The van der Waals surface area contributed by atoms with Crippen LogP contribution in [0.5, 0.6) is 0 Å². The van der Waals surface area contributed by atoms with Gasteiger partial charge in [0.15, 0.2) is 0 Å². The van der Waals surface area contributed by atoms with Gasteiger partial charge in [-0.25, -0.2) is 0 Å². The molecule has 48 valence electrons. The number of hydrogen-bond acceptors (Lipinski definition) is 4. The third-order valence-electron chi connectivity index (χ3n) is 0.504. The van der Waals surface area contributed by atoms with E-state index < -0.39 is 13.7 Å². The molecule has 0 aliphatic rings. The highest BCUT2D eigenvalue weighted by molar-refractivity contribution is 7.76. The van der Waals surface area contributed by atoms with Gasteiger partial charge in [-0.15, -0.1) is 0 Å². The van der Waals surface area contributed by atoms with Crippen molar-refractivity contribution in [1.82, 2.24) is 0 Å². The number of hydrogen-bond donors (Lipinski definition) is 3. The summed E-state index contributed by atoms with van der Waals surface area (Å²) in [6, 6.07) is 0. The van der Waals surface area contributed by atoms with Gasteiger partial charge < -0.3 is 5.11 Å². The molecule has 0 aromatic carbocycles. The molecule has 0 aromatic heterocycles. The molecule has 8 heavy (non-hydrogen) atoms. The van der Waals surface area contributed by atoms with Gasteiger partial charge in [-0.1, -0.05) is 0 Å². The van der Waals surface area contributed by atoms with Crippen molar-refractivity contribution < 1.29 is 24.2 Å². The van der Waals surface area contributed by atoms with Crippen LogP contribution in [0.3, 0.4) is 0 Å². The van der Waals surface area contributed by atoms with Gasteiger partial charge in [-0.05, 0) is 0 Å². The van der Waals surface area contributed by atoms with E-state index in [4.69, 9.17) is 14.9 Å². The summed E-state index contributed by atoms with van der Waals surface area (Å²) in [6.45, 7) is 0. The number of carboxylic acid groups (broad SMARTS) is 1. The summed E-state index contributed by atoms with van der Waals surface area (Å²) < 4.78 is 3.82. The molecule has 0 amide bonds. The zero-order valence-corrected chi connectivity index (χ0v) is 5.00. The first-order valence-corrected chi connectivity index (χ1v) is 3.25. The highest BCUT2D eigenvalue weighted by Crippen LogP contribution is 2.50. The molecular weight excluding hydrogens is 135 g/mol. The molecule has 3 N–H and O–H groups in total. The number of carbonyl (C=O) groups is 1. The third-order valence-corrected chi connectivity index (χ3v) is 1.51. The first-order valence-electron chi connectivity index (χ1n) is 1.64.